The Hall–Kier alpha value is -1.31. The Bertz CT molecular complexity index is 340. The monoisotopic (exact) mass is 190 g/mol. The van der Waals surface area contributed by atoms with E-state index in [1.807, 2.05) is 31.2 Å². The number of carbonyl (C=O) groups is 1. The van der Waals surface area contributed by atoms with E-state index in [9.17, 15) is 4.79 Å². The Morgan fingerprint density at radius 3 is 2.64 bits per heavy atom. The number of aryl methyl sites for hydroxylation is 1. The molecule has 1 aromatic rings. The van der Waals surface area contributed by atoms with Gasteiger partial charge in [0, 0.05) is 0 Å². The number of esters is 1. The van der Waals surface area contributed by atoms with Gasteiger partial charge in [0.1, 0.15) is 5.75 Å². The molecule has 0 heterocycles. The van der Waals surface area contributed by atoms with E-state index in [1.54, 1.807) is 0 Å². The fraction of sp³-hybridized carbons (Fsp3) is 0.417. The van der Waals surface area contributed by atoms with E-state index in [2.05, 4.69) is 0 Å². The number of ether oxygens (including phenoxy) is 1. The predicted octanol–water partition coefficient (Wildman–Crippen LogP) is 2.70. The van der Waals surface area contributed by atoms with Crippen molar-refractivity contribution in [3.8, 4) is 5.75 Å². The zero-order chi connectivity index (χ0) is 9.97. The molecule has 0 bridgehead atoms. The van der Waals surface area contributed by atoms with Crippen LogP contribution in [-0.2, 0) is 4.79 Å². The summed E-state index contributed by atoms with van der Waals surface area (Å²) >= 11 is 0. The minimum atomic E-state index is -0.0643. The smallest absolute Gasteiger partial charge is 0.314 e. The number of para-hydroxylation sites is 1. The van der Waals surface area contributed by atoms with Crippen LogP contribution in [0.25, 0.3) is 0 Å². The molecule has 1 aromatic carbocycles. The Morgan fingerprint density at radius 2 is 2.07 bits per heavy atom. The molecule has 0 atom stereocenters. The van der Waals surface area contributed by atoms with Gasteiger partial charge < -0.3 is 4.74 Å². The highest BCUT2D eigenvalue weighted by atomic mass is 16.5. The van der Waals surface area contributed by atoms with Crippen LogP contribution in [0.3, 0.4) is 0 Å². The van der Waals surface area contributed by atoms with E-state index in [4.69, 9.17) is 4.74 Å². The molecule has 0 aliphatic heterocycles. The maximum Gasteiger partial charge on any atom is 0.314 e. The minimum Gasteiger partial charge on any atom is -0.426 e. The van der Waals surface area contributed by atoms with Crippen LogP contribution in [0, 0.1) is 12.8 Å². The highest BCUT2D eigenvalue weighted by molar-refractivity contribution is 5.76. The van der Waals surface area contributed by atoms with Crippen LogP contribution in [0.4, 0.5) is 0 Å². The summed E-state index contributed by atoms with van der Waals surface area (Å²) in [6, 6.07) is 7.61. The van der Waals surface area contributed by atoms with Crippen LogP contribution >= 0.6 is 0 Å². The van der Waals surface area contributed by atoms with Gasteiger partial charge in [-0.15, -0.1) is 0 Å². The normalized spacial score (nSPS) is 16.1. The van der Waals surface area contributed by atoms with Crippen molar-refractivity contribution in [2.45, 2.75) is 26.2 Å². The fourth-order valence-corrected chi connectivity index (χ4v) is 1.51. The predicted molar refractivity (Wildman–Crippen MR) is 54.2 cm³/mol. The Morgan fingerprint density at radius 1 is 1.36 bits per heavy atom. The van der Waals surface area contributed by atoms with Gasteiger partial charge in [0.25, 0.3) is 0 Å². The van der Waals surface area contributed by atoms with Gasteiger partial charge in [0.05, 0.1) is 5.92 Å². The second-order valence-electron chi connectivity index (χ2n) is 3.81. The molecule has 0 N–H and O–H groups in total. The molecule has 1 aliphatic rings. The molecule has 2 nitrogen and oxygen atoms in total. The van der Waals surface area contributed by atoms with Crippen molar-refractivity contribution in [3.63, 3.8) is 0 Å². The summed E-state index contributed by atoms with van der Waals surface area (Å²) in [4.78, 5) is 11.5. The zero-order valence-corrected chi connectivity index (χ0v) is 8.32. The quantitative estimate of drug-likeness (QED) is 0.529. The molecule has 0 radical (unpaired) electrons. The van der Waals surface area contributed by atoms with Gasteiger partial charge in [0.2, 0.25) is 0 Å². The lowest BCUT2D eigenvalue weighted by atomic mass is 9.86. The number of carbonyl (C=O) groups excluding carboxylic acids is 1. The lowest BCUT2D eigenvalue weighted by Crippen LogP contribution is -2.26. The molecule has 0 unspecified atom stereocenters. The van der Waals surface area contributed by atoms with E-state index in [1.165, 1.54) is 0 Å². The molecule has 2 heteroatoms. The largest absolute Gasteiger partial charge is 0.426 e. The van der Waals surface area contributed by atoms with Crippen LogP contribution in [0.15, 0.2) is 24.3 Å². The molecule has 1 fully saturated rings. The third-order valence-electron chi connectivity index (χ3n) is 2.74. The van der Waals surface area contributed by atoms with Crippen molar-refractivity contribution >= 4 is 5.97 Å². The first-order chi connectivity index (χ1) is 6.77. The summed E-state index contributed by atoms with van der Waals surface area (Å²) in [5.41, 5.74) is 1.01. The Balaban J connectivity index is 2.03. The van der Waals surface area contributed by atoms with Crippen molar-refractivity contribution in [1.82, 2.24) is 0 Å². The lowest BCUT2D eigenvalue weighted by molar-refractivity contribution is -0.141. The number of hydrogen-bond acceptors (Lipinski definition) is 2. The van der Waals surface area contributed by atoms with Crippen molar-refractivity contribution in [3.05, 3.63) is 29.8 Å². The number of benzene rings is 1. The second-order valence-corrected chi connectivity index (χ2v) is 3.81. The summed E-state index contributed by atoms with van der Waals surface area (Å²) in [7, 11) is 0. The van der Waals surface area contributed by atoms with Crippen LogP contribution in [-0.4, -0.2) is 5.97 Å². The van der Waals surface area contributed by atoms with E-state index in [0.717, 1.165) is 24.8 Å². The Kier molecular flexibility index (Phi) is 2.53. The average Bonchev–Trinajstić information content (AvgIpc) is 2.05. The molecule has 0 spiro atoms. The summed E-state index contributed by atoms with van der Waals surface area (Å²) < 4.78 is 5.31. The first kappa shape index (κ1) is 9.25. The van der Waals surface area contributed by atoms with E-state index in [-0.39, 0.29) is 11.9 Å². The van der Waals surface area contributed by atoms with Gasteiger partial charge >= 0.3 is 5.97 Å². The summed E-state index contributed by atoms with van der Waals surface area (Å²) in [5, 5.41) is 0. The highest BCUT2D eigenvalue weighted by Crippen LogP contribution is 2.28. The van der Waals surface area contributed by atoms with Crippen molar-refractivity contribution in [2.24, 2.45) is 5.92 Å². The van der Waals surface area contributed by atoms with Crippen LogP contribution < -0.4 is 4.74 Å². The third-order valence-corrected chi connectivity index (χ3v) is 2.74. The molecule has 0 amide bonds. The summed E-state index contributed by atoms with van der Waals surface area (Å²) in [5.74, 6) is 0.782. The van der Waals surface area contributed by atoms with Crippen molar-refractivity contribution in [1.29, 1.82) is 0 Å². The molecule has 14 heavy (non-hydrogen) atoms. The van der Waals surface area contributed by atoms with E-state index < -0.39 is 0 Å². The minimum absolute atomic E-state index is 0.0643. The van der Waals surface area contributed by atoms with Gasteiger partial charge in [0.15, 0.2) is 0 Å². The van der Waals surface area contributed by atoms with Crippen molar-refractivity contribution in [2.75, 3.05) is 0 Å². The van der Waals surface area contributed by atoms with Gasteiger partial charge in [-0.3, -0.25) is 4.79 Å². The standard InChI is InChI=1S/C12H14O2/c1-9-5-2-3-8-11(9)14-12(13)10-6-4-7-10/h2-3,5,8,10H,4,6-7H2,1H3. The van der Waals surface area contributed by atoms with Gasteiger partial charge in [-0.2, -0.15) is 0 Å². The number of hydrogen-bond donors (Lipinski definition) is 0. The lowest BCUT2D eigenvalue weighted by Gasteiger charge is -2.23. The number of rotatable bonds is 2. The molecular formula is C12H14O2. The summed E-state index contributed by atoms with van der Waals surface area (Å²) in [6.45, 7) is 1.95. The first-order valence-corrected chi connectivity index (χ1v) is 5.04. The van der Waals surface area contributed by atoms with Crippen LogP contribution in [0.1, 0.15) is 24.8 Å². The molecule has 2 rings (SSSR count). The van der Waals surface area contributed by atoms with Gasteiger partial charge in [-0.25, -0.2) is 0 Å². The van der Waals surface area contributed by atoms with Crippen LogP contribution in [0.5, 0.6) is 5.75 Å². The molecular weight excluding hydrogens is 176 g/mol. The van der Waals surface area contributed by atoms with E-state index >= 15 is 0 Å². The fourth-order valence-electron chi connectivity index (χ4n) is 1.51. The third kappa shape index (κ3) is 1.79. The summed E-state index contributed by atoms with van der Waals surface area (Å²) in [6.07, 6.45) is 3.14. The second kappa shape index (κ2) is 3.82. The van der Waals surface area contributed by atoms with Crippen molar-refractivity contribution < 1.29 is 9.53 Å². The maximum atomic E-state index is 11.5. The Labute approximate surface area is 83.9 Å². The van der Waals surface area contributed by atoms with Gasteiger partial charge in [-0.1, -0.05) is 24.6 Å². The van der Waals surface area contributed by atoms with E-state index in [0.29, 0.717) is 5.75 Å². The molecule has 0 aromatic heterocycles. The zero-order valence-electron chi connectivity index (χ0n) is 8.32. The average molecular weight is 190 g/mol. The van der Waals surface area contributed by atoms with Gasteiger partial charge in [-0.05, 0) is 31.4 Å². The molecule has 1 aliphatic carbocycles. The highest BCUT2D eigenvalue weighted by Gasteiger charge is 2.27. The topological polar surface area (TPSA) is 26.3 Å². The van der Waals surface area contributed by atoms with Crippen LogP contribution in [0.2, 0.25) is 0 Å². The molecule has 74 valence electrons. The molecule has 0 saturated heterocycles. The molecule has 1 saturated carbocycles. The first-order valence-electron chi connectivity index (χ1n) is 5.04. The SMILES string of the molecule is Cc1ccccc1OC(=O)C1CCC1. The maximum absolute atomic E-state index is 11.5.